The van der Waals surface area contributed by atoms with Crippen molar-refractivity contribution < 1.29 is 4.42 Å². The summed E-state index contributed by atoms with van der Waals surface area (Å²) in [4.78, 5) is 8.98. The number of thiazole rings is 1. The van der Waals surface area contributed by atoms with Crippen LogP contribution in [-0.4, -0.2) is 9.97 Å². The summed E-state index contributed by atoms with van der Waals surface area (Å²) in [5.41, 5.74) is 7.37. The van der Waals surface area contributed by atoms with Crippen molar-refractivity contribution in [3.63, 3.8) is 0 Å². The predicted octanol–water partition coefficient (Wildman–Crippen LogP) is 1.82. The van der Waals surface area contributed by atoms with Crippen molar-refractivity contribution in [2.75, 3.05) is 0 Å². The summed E-state index contributed by atoms with van der Waals surface area (Å²) >= 11 is 1.52. The molecule has 68 valence electrons. The molecule has 2 aromatic rings. The maximum Gasteiger partial charge on any atom is 0.211 e. The van der Waals surface area contributed by atoms with Crippen LogP contribution in [0.3, 0.4) is 0 Å². The molecule has 2 aromatic heterocycles. The van der Waals surface area contributed by atoms with Crippen molar-refractivity contribution in [3.8, 4) is 10.6 Å². The van der Waals surface area contributed by atoms with Crippen molar-refractivity contribution in [1.82, 2.24) is 9.97 Å². The number of hydrogen-bond donors (Lipinski definition) is 1. The van der Waals surface area contributed by atoms with Gasteiger partial charge in [-0.1, -0.05) is 0 Å². The summed E-state index contributed by atoms with van der Waals surface area (Å²) in [6.45, 7) is 1.84. The molecule has 1 unspecified atom stereocenters. The lowest BCUT2D eigenvalue weighted by atomic mass is 10.4. The average Bonchev–Trinajstić information content (AvgIpc) is 2.75. The number of oxazole rings is 1. The monoisotopic (exact) mass is 195 g/mol. The maximum absolute atomic E-state index is 5.61. The van der Waals surface area contributed by atoms with E-state index in [0.29, 0.717) is 5.89 Å². The molecule has 2 rings (SSSR count). The Kier molecular flexibility index (Phi) is 2.12. The molecule has 0 radical (unpaired) electrons. The standard InChI is InChI=1S/C8H9N3OS/c1-5(9)8-11-2-6(12-8)7-3-10-4-13-7/h2-5H,9H2,1H3. The van der Waals surface area contributed by atoms with Gasteiger partial charge in [-0.3, -0.25) is 4.98 Å². The van der Waals surface area contributed by atoms with E-state index in [-0.39, 0.29) is 6.04 Å². The summed E-state index contributed by atoms with van der Waals surface area (Å²) in [6.07, 6.45) is 3.42. The SMILES string of the molecule is CC(N)c1ncc(-c2cncs2)o1. The Balaban J connectivity index is 2.33. The van der Waals surface area contributed by atoms with Gasteiger partial charge < -0.3 is 10.2 Å². The van der Waals surface area contributed by atoms with E-state index in [1.165, 1.54) is 11.3 Å². The minimum atomic E-state index is -0.165. The van der Waals surface area contributed by atoms with Crippen molar-refractivity contribution in [2.24, 2.45) is 5.73 Å². The number of rotatable bonds is 2. The first-order chi connectivity index (χ1) is 6.27. The molecule has 0 bridgehead atoms. The first-order valence-electron chi connectivity index (χ1n) is 3.87. The zero-order valence-electron chi connectivity index (χ0n) is 7.10. The fourth-order valence-corrected chi connectivity index (χ4v) is 1.52. The lowest BCUT2D eigenvalue weighted by Crippen LogP contribution is -2.04. The van der Waals surface area contributed by atoms with Crippen LogP contribution >= 0.6 is 11.3 Å². The zero-order chi connectivity index (χ0) is 9.26. The molecule has 0 aliphatic carbocycles. The van der Waals surface area contributed by atoms with Crippen LogP contribution in [0.15, 0.2) is 22.3 Å². The Labute approximate surface area is 79.4 Å². The highest BCUT2D eigenvalue weighted by atomic mass is 32.1. The molecule has 5 heteroatoms. The molecule has 2 heterocycles. The van der Waals surface area contributed by atoms with E-state index in [1.807, 2.05) is 6.92 Å². The van der Waals surface area contributed by atoms with Crippen LogP contribution in [0.5, 0.6) is 0 Å². The van der Waals surface area contributed by atoms with Gasteiger partial charge in [0.05, 0.1) is 22.6 Å². The third-order valence-corrected chi connectivity index (χ3v) is 2.38. The second-order valence-corrected chi connectivity index (χ2v) is 3.60. The van der Waals surface area contributed by atoms with E-state index in [9.17, 15) is 0 Å². The molecule has 0 aliphatic rings. The molecule has 0 saturated heterocycles. The summed E-state index contributed by atoms with van der Waals surface area (Å²) in [6, 6.07) is -0.165. The minimum Gasteiger partial charge on any atom is -0.438 e. The van der Waals surface area contributed by atoms with Gasteiger partial charge in [0.15, 0.2) is 5.76 Å². The van der Waals surface area contributed by atoms with Gasteiger partial charge in [0.1, 0.15) is 0 Å². The molecule has 0 aliphatic heterocycles. The Bertz CT molecular complexity index is 380. The molecule has 13 heavy (non-hydrogen) atoms. The third kappa shape index (κ3) is 1.61. The number of nitrogens with zero attached hydrogens (tertiary/aromatic N) is 2. The Morgan fingerprint density at radius 1 is 1.54 bits per heavy atom. The van der Waals surface area contributed by atoms with Gasteiger partial charge in [0.2, 0.25) is 5.89 Å². The Morgan fingerprint density at radius 2 is 2.38 bits per heavy atom. The number of nitrogens with two attached hydrogens (primary N) is 1. The van der Waals surface area contributed by atoms with Gasteiger partial charge in [-0.15, -0.1) is 11.3 Å². The quantitative estimate of drug-likeness (QED) is 0.793. The van der Waals surface area contributed by atoms with E-state index >= 15 is 0 Å². The topological polar surface area (TPSA) is 64.9 Å². The predicted molar refractivity (Wildman–Crippen MR) is 50.2 cm³/mol. The van der Waals surface area contributed by atoms with Gasteiger partial charge >= 0.3 is 0 Å². The third-order valence-electron chi connectivity index (χ3n) is 1.59. The summed E-state index contributed by atoms with van der Waals surface area (Å²) in [5.74, 6) is 1.29. The van der Waals surface area contributed by atoms with Gasteiger partial charge in [-0.2, -0.15) is 0 Å². The minimum absolute atomic E-state index is 0.165. The molecular weight excluding hydrogens is 186 g/mol. The van der Waals surface area contributed by atoms with E-state index < -0.39 is 0 Å². The molecular formula is C8H9N3OS. The van der Waals surface area contributed by atoms with Crippen LogP contribution < -0.4 is 5.73 Å². The van der Waals surface area contributed by atoms with Gasteiger partial charge in [-0.25, -0.2) is 4.98 Å². The Hall–Kier alpha value is -1.20. The summed E-state index contributed by atoms with van der Waals surface area (Å²) in [5, 5.41) is 0. The maximum atomic E-state index is 5.61. The summed E-state index contributed by atoms with van der Waals surface area (Å²) in [7, 11) is 0. The van der Waals surface area contributed by atoms with Crippen LogP contribution in [0.4, 0.5) is 0 Å². The van der Waals surface area contributed by atoms with Crippen LogP contribution in [-0.2, 0) is 0 Å². The number of hydrogen-bond acceptors (Lipinski definition) is 5. The fourth-order valence-electron chi connectivity index (χ4n) is 0.950. The zero-order valence-corrected chi connectivity index (χ0v) is 7.91. The van der Waals surface area contributed by atoms with Crippen molar-refractivity contribution in [3.05, 3.63) is 23.8 Å². The largest absolute Gasteiger partial charge is 0.438 e. The highest BCUT2D eigenvalue weighted by Crippen LogP contribution is 2.24. The van der Waals surface area contributed by atoms with Crippen LogP contribution in [0, 0.1) is 0 Å². The molecule has 0 spiro atoms. The number of aromatic nitrogens is 2. The molecule has 1 atom stereocenters. The van der Waals surface area contributed by atoms with Gasteiger partial charge in [0.25, 0.3) is 0 Å². The van der Waals surface area contributed by atoms with E-state index in [4.69, 9.17) is 10.2 Å². The highest BCUT2D eigenvalue weighted by molar-refractivity contribution is 7.13. The van der Waals surface area contributed by atoms with Crippen molar-refractivity contribution in [1.29, 1.82) is 0 Å². The van der Waals surface area contributed by atoms with Crippen molar-refractivity contribution in [2.45, 2.75) is 13.0 Å². The molecule has 0 saturated carbocycles. The molecule has 2 N–H and O–H groups in total. The normalized spacial score (nSPS) is 13.1. The highest BCUT2D eigenvalue weighted by Gasteiger charge is 2.09. The first-order valence-corrected chi connectivity index (χ1v) is 4.75. The second kappa shape index (κ2) is 3.27. The Morgan fingerprint density at radius 3 is 2.92 bits per heavy atom. The fraction of sp³-hybridized carbons (Fsp3) is 0.250. The van der Waals surface area contributed by atoms with Crippen LogP contribution in [0.25, 0.3) is 10.6 Å². The molecule has 0 fully saturated rings. The van der Waals surface area contributed by atoms with E-state index in [1.54, 1.807) is 17.9 Å². The van der Waals surface area contributed by atoms with E-state index in [2.05, 4.69) is 9.97 Å². The van der Waals surface area contributed by atoms with Gasteiger partial charge in [0, 0.05) is 6.20 Å². The van der Waals surface area contributed by atoms with Crippen LogP contribution in [0.2, 0.25) is 0 Å². The van der Waals surface area contributed by atoms with Gasteiger partial charge in [-0.05, 0) is 6.92 Å². The second-order valence-electron chi connectivity index (χ2n) is 2.72. The first kappa shape index (κ1) is 8.40. The van der Waals surface area contributed by atoms with E-state index in [0.717, 1.165) is 10.6 Å². The summed E-state index contributed by atoms with van der Waals surface area (Å²) < 4.78 is 5.42. The molecule has 0 aromatic carbocycles. The van der Waals surface area contributed by atoms with Crippen molar-refractivity contribution >= 4 is 11.3 Å². The molecule has 4 nitrogen and oxygen atoms in total. The lowest BCUT2D eigenvalue weighted by Gasteiger charge is -1.95. The van der Waals surface area contributed by atoms with Crippen LogP contribution in [0.1, 0.15) is 18.9 Å². The average molecular weight is 195 g/mol. The lowest BCUT2D eigenvalue weighted by molar-refractivity contribution is 0.474. The smallest absolute Gasteiger partial charge is 0.211 e. The molecule has 0 amide bonds.